The van der Waals surface area contributed by atoms with Crippen LogP contribution in [0.1, 0.15) is 42.4 Å². The Hall–Kier alpha value is -4.35. The van der Waals surface area contributed by atoms with Crippen LogP contribution in [-0.2, 0) is 26.5 Å². The van der Waals surface area contributed by atoms with E-state index in [0.717, 1.165) is 85.3 Å². The van der Waals surface area contributed by atoms with Gasteiger partial charge in [0.05, 0.1) is 17.5 Å². The molecule has 1 radical (unpaired) electrons. The number of nitrogens with zero attached hydrogens (tertiary/aromatic N) is 2. The normalized spacial score (nSPS) is 17.6. The van der Waals surface area contributed by atoms with Crippen molar-refractivity contribution < 1.29 is 33.7 Å². The summed E-state index contributed by atoms with van der Waals surface area (Å²) >= 11 is -1.78. The van der Waals surface area contributed by atoms with E-state index in [1.54, 1.807) is 0 Å². The fourth-order valence-electron chi connectivity index (χ4n) is 8.82. The first-order chi connectivity index (χ1) is 25.5. The molecule has 3 atom stereocenters. The van der Waals surface area contributed by atoms with Crippen LogP contribution in [0.25, 0.3) is 55.6 Å². The number of aromatic nitrogens is 2. The molecule has 3 nitrogen and oxygen atoms in total. The molecule has 3 heterocycles. The molecule has 7 aromatic rings. The smallest absolute Gasteiger partial charge is 0 e. The van der Waals surface area contributed by atoms with E-state index in [1.807, 2.05) is 33.4 Å². The maximum absolute atomic E-state index is 6.57. The van der Waals surface area contributed by atoms with Crippen LogP contribution in [0.15, 0.2) is 126 Å². The molecule has 4 aromatic carbocycles. The Morgan fingerprint density at radius 1 is 0.704 bits per heavy atom. The third kappa shape index (κ3) is 7.49. The molecule has 2 fully saturated rings. The molecular formula is C49H50GeIrN2O-2. The molecule has 2 saturated carbocycles. The molecule has 0 saturated heterocycles. The third-order valence-corrected chi connectivity index (χ3v) is 16.0. The maximum Gasteiger partial charge on any atom is 0 e. The van der Waals surface area contributed by atoms with Crippen LogP contribution in [-0.4, -0.2) is 13.3 Å². The van der Waals surface area contributed by atoms with Crippen molar-refractivity contribution in [2.75, 3.05) is 0 Å². The number of pyridine rings is 2. The topological polar surface area (TPSA) is 20.9 Å². The Morgan fingerprint density at radius 3 is 2.17 bits per heavy atom. The predicted octanol–water partition coefficient (Wildman–Crippen LogP) is 11.0. The van der Waals surface area contributed by atoms with E-state index in [0.29, 0.717) is 0 Å². The fraction of sp³-hybridized carbons (Fsp3) is 0.224. The van der Waals surface area contributed by atoms with Crippen LogP contribution in [0, 0.1) is 45.7 Å². The van der Waals surface area contributed by atoms with E-state index in [1.165, 1.54) is 41.2 Å². The van der Waals surface area contributed by atoms with Gasteiger partial charge in [-0.05, 0) is 66.7 Å². The predicted molar refractivity (Wildman–Crippen MR) is 223 cm³/mol. The van der Waals surface area contributed by atoms with Crippen LogP contribution in [0.5, 0.6) is 0 Å². The molecule has 277 valence electrons. The van der Waals surface area contributed by atoms with Gasteiger partial charge in [-0.3, -0.25) is 0 Å². The van der Waals surface area contributed by atoms with Gasteiger partial charge in [-0.2, -0.15) is 18.6 Å². The Balaban J connectivity index is 0.000000201. The number of benzene rings is 4. The summed E-state index contributed by atoms with van der Waals surface area (Å²) in [6.45, 7) is 8.47. The minimum absolute atomic E-state index is 0. The number of fused-ring (bicyclic) bond motifs is 5. The second kappa shape index (κ2) is 15.4. The number of rotatable bonds is 6. The van der Waals surface area contributed by atoms with Crippen LogP contribution in [0.2, 0.25) is 17.3 Å². The Labute approximate surface area is 338 Å². The van der Waals surface area contributed by atoms with E-state index in [2.05, 4.69) is 143 Å². The first-order valence-electron chi connectivity index (χ1n) is 19.0. The summed E-state index contributed by atoms with van der Waals surface area (Å²) in [5, 5.41) is 2.26. The molecule has 5 heteroatoms. The summed E-state index contributed by atoms with van der Waals surface area (Å²) in [4.78, 5) is 0. The standard InChI is InChI=1S/C33H30NO.C16H20GeN.Ir/c1-21-8-12-29-28-13-11-26(24-6-4-3-5-7-24)20-31(28)35-33(29)32(21)30-19-23(14-15-34(30)2)18-27-17-22-9-10-25(27)16-22;1-13-8-6-7-9-15(13)16-11-10-14(12-18(16)5)17(2,3)4;/h3-8,11-15,19-20,22,25,27H,1-2,9-10,16-18H2;6-12H,1,5H2,2-4H3;/q2*-1;. The SMILES string of the molecule is [CH2-]c1ccc2c(oc3cc(-c4ccccc4)ccc32)c1-c1cc(CC2CC3CCC2C3)cc[n+]1[CH2-].[CH2-]c1ccccc1-c1cc[c]([Ge]([CH3])([CH3])[CH3])c[n+]1[CH2-].[Ir]. The van der Waals surface area contributed by atoms with Crippen molar-refractivity contribution >= 4 is 39.6 Å². The van der Waals surface area contributed by atoms with Gasteiger partial charge in [-0.15, -0.1) is 6.07 Å². The Kier molecular flexibility index (Phi) is 10.8. The maximum atomic E-state index is 6.57. The zero-order chi connectivity index (χ0) is 36.9. The van der Waals surface area contributed by atoms with Gasteiger partial charge in [0.2, 0.25) is 0 Å². The van der Waals surface area contributed by atoms with Crippen molar-refractivity contribution in [3.05, 3.63) is 166 Å². The Bertz CT molecular complexity index is 2440. The molecule has 2 bridgehead atoms. The molecule has 3 aromatic heterocycles. The second-order valence-electron chi connectivity index (χ2n) is 16.4. The summed E-state index contributed by atoms with van der Waals surface area (Å²) in [5.74, 6) is 9.91. The molecule has 54 heavy (non-hydrogen) atoms. The fourth-order valence-corrected chi connectivity index (χ4v) is 11.2. The van der Waals surface area contributed by atoms with E-state index in [-0.39, 0.29) is 20.1 Å². The minimum Gasteiger partial charge on any atom is 0 e. The van der Waals surface area contributed by atoms with Gasteiger partial charge in [0.25, 0.3) is 0 Å². The molecular weight excluding hydrogens is 897 g/mol. The van der Waals surface area contributed by atoms with Gasteiger partial charge >= 0.3 is 113 Å². The first-order valence-corrected chi connectivity index (χ1v) is 26.4. The van der Waals surface area contributed by atoms with Crippen molar-refractivity contribution in [3.8, 4) is 33.6 Å². The molecule has 9 rings (SSSR count). The average molecular weight is 948 g/mol. The van der Waals surface area contributed by atoms with Crippen molar-refractivity contribution in [1.29, 1.82) is 0 Å². The summed E-state index contributed by atoms with van der Waals surface area (Å²) < 4.78 is 12.0. The van der Waals surface area contributed by atoms with Gasteiger partial charge < -0.3 is 8.98 Å². The molecule has 3 unspecified atom stereocenters. The number of hydrogen-bond acceptors (Lipinski definition) is 1. The van der Waals surface area contributed by atoms with Crippen molar-refractivity contribution in [1.82, 2.24) is 0 Å². The first kappa shape index (κ1) is 37.9. The van der Waals surface area contributed by atoms with E-state index < -0.39 is 13.3 Å². The molecule has 0 spiro atoms. The van der Waals surface area contributed by atoms with Crippen LogP contribution < -0.4 is 13.5 Å². The van der Waals surface area contributed by atoms with Crippen LogP contribution >= 0.6 is 0 Å². The van der Waals surface area contributed by atoms with Gasteiger partial charge in [0, 0.05) is 37.9 Å². The number of furan rings is 1. The molecule has 2 aliphatic rings. The second-order valence-corrected chi connectivity index (χ2v) is 27.0. The minimum atomic E-state index is -1.78. The van der Waals surface area contributed by atoms with Crippen LogP contribution in [0.4, 0.5) is 0 Å². The average Bonchev–Trinajstić information content (AvgIpc) is 3.88. The number of hydrogen-bond donors (Lipinski definition) is 0. The summed E-state index contributed by atoms with van der Waals surface area (Å²) in [5.41, 5.74) is 12.0. The molecule has 0 aliphatic heterocycles. The Morgan fingerprint density at radius 2 is 1.46 bits per heavy atom. The van der Waals surface area contributed by atoms with E-state index >= 15 is 0 Å². The molecule has 2 aliphatic carbocycles. The van der Waals surface area contributed by atoms with Crippen molar-refractivity contribution in [2.24, 2.45) is 17.8 Å². The quantitative estimate of drug-likeness (QED) is 0.0924. The zero-order valence-electron chi connectivity index (χ0n) is 31.8. The molecule has 0 amide bonds. The van der Waals surface area contributed by atoms with Gasteiger partial charge in [-0.25, -0.2) is 0 Å². The summed E-state index contributed by atoms with van der Waals surface area (Å²) in [6, 6.07) is 38.4. The van der Waals surface area contributed by atoms with Gasteiger partial charge in [0.15, 0.2) is 0 Å². The van der Waals surface area contributed by atoms with Crippen LogP contribution in [0.3, 0.4) is 0 Å². The summed E-state index contributed by atoms with van der Waals surface area (Å²) in [7, 11) is 8.44. The van der Waals surface area contributed by atoms with Crippen molar-refractivity contribution in [3.63, 3.8) is 0 Å². The molecule has 0 N–H and O–H groups in total. The zero-order valence-corrected chi connectivity index (χ0v) is 36.3. The van der Waals surface area contributed by atoms with Gasteiger partial charge in [0.1, 0.15) is 5.58 Å². The third-order valence-electron chi connectivity index (χ3n) is 11.8. The largest absolute Gasteiger partial charge is 0 e. The van der Waals surface area contributed by atoms with E-state index in [4.69, 9.17) is 4.42 Å². The monoisotopic (exact) mass is 949 g/mol. The van der Waals surface area contributed by atoms with Crippen molar-refractivity contribution in [2.45, 2.75) is 49.4 Å². The summed E-state index contributed by atoms with van der Waals surface area (Å²) in [6.07, 6.45) is 11.2. The van der Waals surface area contributed by atoms with E-state index in [9.17, 15) is 0 Å². The van der Waals surface area contributed by atoms with Gasteiger partial charge in [-0.1, -0.05) is 66.1 Å².